The Morgan fingerprint density at radius 1 is 1.26 bits per heavy atom. The van der Waals surface area contributed by atoms with E-state index in [-0.39, 0.29) is 11.7 Å². The molecule has 0 aliphatic rings. The molecule has 0 atom stereocenters. The molecule has 4 N–H and O–H groups in total. The zero-order chi connectivity index (χ0) is 13.8. The number of phenolic OH excluding ortho intramolecular Hbond substituents is 1. The van der Waals surface area contributed by atoms with E-state index in [0.29, 0.717) is 22.8 Å². The van der Waals surface area contributed by atoms with Crippen LogP contribution in [0, 0.1) is 0 Å². The number of carbonyl (C=O) groups excluding carboxylic acids is 1. The molecule has 0 aliphatic heterocycles. The van der Waals surface area contributed by atoms with Crippen molar-refractivity contribution in [2.45, 2.75) is 6.54 Å². The third-order valence-corrected chi connectivity index (χ3v) is 2.93. The third kappa shape index (κ3) is 3.39. The van der Waals surface area contributed by atoms with Gasteiger partial charge < -0.3 is 16.2 Å². The molecule has 98 valence electrons. The van der Waals surface area contributed by atoms with Gasteiger partial charge in [-0.25, -0.2) is 0 Å². The minimum atomic E-state index is -0.305. The number of phenols is 1. The van der Waals surface area contributed by atoms with E-state index in [2.05, 4.69) is 5.32 Å². The van der Waals surface area contributed by atoms with Crippen LogP contribution >= 0.6 is 11.6 Å². The predicted molar refractivity (Wildman–Crippen MR) is 75.1 cm³/mol. The number of nitrogens with two attached hydrogens (primary N) is 1. The molecule has 0 heterocycles. The maximum absolute atomic E-state index is 12.0. The largest absolute Gasteiger partial charge is 0.508 e. The number of nitrogen functional groups attached to an aromatic ring is 1. The molecule has 0 aromatic heterocycles. The molecule has 0 bridgehead atoms. The summed E-state index contributed by atoms with van der Waals surface area (Å²) in [6.45, 7) is 0.304. The van der Waals surface area contributed by atoms with Gasteiger partial charge in [0.25, 0.3) is 5.91 Å². The van der Waals surface area contributed by atoms with E-state index in [1.807, 2.05) is 0 Å². The molecule has 1 amide bonds. The molecule has 0 saturated heterocycles. The zero-order valence-corrected chi connectivity index (χ0v) is 10.8. The number of benzene rings is 2. The fraction of sp³-hybridized carbons (Fsp3) is 0.0714. The minimum Gasteiger partial charge on any atom is -0.508 e. The number of rotatable bonds is 3. The van der Waals surface area contributed by atoms with Crippen LogP contribution in [0.5, 0.6) is 5.75 Å². The Hall–Kier alpha value is -2.20. The standard InChI is InChI=1S/C14H13ClN2O2/c15-13-5-4-10(16)7-12(13)14(19)17-8-9-2-1-3-11(18)6-9/h1-7,18H,8,16H2,(H,17,19). The Labute approximate surface area is 115 Å². The van der Waals surface area contributed by atoms with Crippen molar-refractivity contribution in [2.75, 3.05) is 5.73 Å². The quantitative estimate of drug-likeness (QED) is 0.754. The first-order valence-electron chi connectivity index (χ1n) is 5.67. The van der Waals surface area contributed by atoms with Gasteiger partial charge >= 0.3 is 0 Å². The molecule has 0 aliphatic carbocycles. The van der Waals surface area contributed by atoms with Gasteiger partial charge in [0, 0.05) is 12.2 Å². The molecular formula is C14H13ClN2O2. The van der Waals surface area contributed by atoms with Crippen LogP contribution in [0.3, 0.4) is 0 Å². The lowest BCUT2D eigenvalue weighted by atomic mass is 10.1. The van der Waals surface area contributed by atoms with E-state index in [0.717, 1.165) is 5.56 Å². The first kappa shape index (κ1) is 13.2. The highest BCUT2D eigenvalue weighted by molar-refractivity contribution is 6.34. The molecule has 19 heavy (non-hydrogen) atoms. The third-order valence-electron chi connectivity index (χ3n) is 2.60. The summed E-state index contributed by atoms with van der Waals surface area (Å²) < 4.78 is 0. The van der Waals surface area contributed by atoms with Crippen LogP contribution in [0.25, 0.3) is 0 Å². The Bertz CT molecular complexity index is 614. The molecule has 0 unspecified atom stereocenters. The zero-order valence-electron chi connectivity index (χ0n) is 10.1. The van der Waals surface area contributed by atoms with Crippen LogP contribution in [0.2, 0.25) is 5.02 Å². The van der Waals surface area contributed by atoms with Crippen LogP contribution in [0.15, 0.2) is 42.5 Å². The molecule has 2 rings (SSSR count). The van der Waals surface area contributed by atoms with Crippen molar-refractivity contribution in [3.05, 3.63) is 58.6 Å². The van der Waals surface area contributed by atoms with Crippen LogP contribution in [0.1, 0.15) is 15.9 Å². The fourth-order valence-electron chi connectivity index (χ4n) is 1.66. The number of amides is 1. The average Bonchev–Trinajstić information content (AvgIpc) is 2.39. The summed E-state index contributed by atoms with van der Waals surface area (Å²) in [6, 6.07) is 11.4. The van der Waals surface area contributed by atoms with Crippen molar-refractivity contribution in [1.29, 1.82) is 0 Å². The normalized spacial score (nSPS) is 10.2. The summed E-state index contributed by atoms with van der Waals surface area (Å²) in [4.78, 5) is 12.0. The average molecular weight is 277 g/mol. The molecule has 5 heteroatoms. The van der Waals surface area contributed by atoms with Gasteiger partial charge in [0.2, 0.25) is 0 Å². The van der Waals surface area contributed by atoms with Gasteiger partial charge in [0.05, 0.1) is 10.6 Å². The van der Waals surface area contributed by atoms with Gasteiger partial charge in [0.15, 0.2) is 0 Å². The van der Waals surface area contributed by atoms with Crippen molar-refractivity contribution in [3.8, 4) is 5.75 Å². The fourth-order valence-corrected chi connectivity index (χ4v) is 1.86. The topological polar surface area (TPSA) is 75.4 Å². The van der Waals surface area contributed by atoms with E-state index in [1.54, 1.807) is 36.4 Å². The van der Waals surface area contributed by atoms with Crippen molar-refractivity contribution in [2.24, 2.45) is 0 Å². The highest BCUT2D eigenvalue weighted by Gasteiger charge is 2.10. The SMILES string of the molecule is Nc1ccc(Cl)c(C(=O)NCc2cccc(O)c2)c1. The lowest BCUT2D eigenvalue weighted by Crippen LogP contribution is -2.23. The highest BCUT2D eigenvalue weighted by Crippen LogP contribution is 2.19. The molecule has 0 saturated carbocycles. The lowest BCUT2D eigenvalue weighted by Gasteiger charge is -2.08. The highest BCUT2D eigenvalue weighted by atomic mass is 35.5. The van der Waals surface area contributed by atoms with Crippen molar-refractivity contribution < 1.29 is 9.90 Å². The molecular weight excluding hydrogens is 264 g/mol. The van der Waals surface area contributed by atoms with Gasteiger partial charge in [-0.2, -0.15) is 0 Å². The van der Waals surface area contributed by atoms with Crippen molar-refractivity contribution >= 4 is 23.2 Å². The maximum atomic E-state index is 12.0. The molecule has 0 fully saturated rings. The molecule has 4 nitrogen and oxygen atoms in total. The lowest BCUT2D eigenvalue weighted by molar-refractivity contribution is 0.0951. The summed E-state index contributed by atoms with van der Waals surface area (Å²) in [6.07, 6.45) is 0. The maximum Gasteiger partial charge on any atom is 0.253 e. The number of hydrogen-bond donors (Lipinski definition) is 3. The van der Waals surface area contributed by atoms with Gasteiger partial charge in [0.1, 0.15) is 5.75 Å². The van der Waals surface area contributed by atoms with E-state index in [1.165, 1.54) is 6.07 Å². The van der Waals surface area contributed by atoms with Crippen LogP contribution in [0.4, 0.5) is 5.69 Å². The van der Waals surface area contributed by atoms with E-state index < -0.39 is 0 Å². The molecule has 0 spiro atoms. The monoisotopic (exact) mass is 276 g/mol. The molecule has 0 radical (unpaired) electrons. The van der Waals surface area contributed by atoms with E-state index in [9.17, 15) is 9.90 Å². The first-order valence-corrected chi connectivity index (χ1v) is 6.05. The van der Waals surface area contributed by atoms with Gasteiger partial charge in [-0.05, 0) is 35.9 Å². The number of anilines is 1. The molecule has 2 aromatic rings. The summed E-state index contributed by atoms with van der Waals surface area (Å²) >= 11 is 5.94. The summed E-state index contributed by atoms with van der Waals surface area (Å²) in [7, 11) is 0. The summed E-state index contributed by atoms with van der Waals surface area (Å²) in [5.74, 6) is -0.144. The van der Waals surface area contributed by atoms with Gasteiger partial charge in [-0.1, -0.05) is 23.7 Å². The second kappa shape index (κ2) is 5.63. The van der Waals surface area contributed by atoms with Gasteiger partial charge in [-0.15, -0.1) is 0 Å². The Morgan fingerprint density at radius 2 is 2.05 bits per heavy atom. The van der Waals surface area contributed by atoms with Crippen LogP contribution in [-0.4, -0.2) is 11.0 Å². The second-order valence-corrected chi connectivity index (χ2v) is 4.50. The van der Waals surface area contributed by atoms with Gasteiger partial charge in [-0.3, -0.25) is 4.79 Å². The number of aromatic hydroxyl groups is 1. The number of nitrogens with one attached hydrogen (secondary N) is 1. The smallest absolute Gasteiger partial charge is 0.253 e. The summed E-state index contributed by atoms with van der Waals surface area (Å²) in [5, 5.41) is 12.4. The number of halogens is 1. The molecule has 2 aromatic carbocycles. The summed E-state index contributed by atoms with van der Waals surface area (Å²) in [5.41, 5.74) is 7.23. The van der Waals surface area contributed by atoms with E-state index in [4.69, 9.17) is 17.3 Å². The van der Waals surface area contributed by atoms with E-state index >= 15 is 0 Å². The van der Waals surface area contributed by atoms with Crippen molar-refractivity contribution in [3.63, 3.8) is 0 Å². The predicted octanol–water partition coefficient (Wildman–Crippen LogP) is 2.56. The Morgan fingerprint density at radius 3 is 2.79 bits per heavy atom. The van der Waals surface area contributed by atoms with Crippen LogP contribution in [-0.2, 0) is 6.54 Å². The first-order chi connectivity index (χ1) is 9.06. The van der Waals surface area contributed by atoms with Crippen molar-refractivity contribution in [1.82, 2.24) is 5.32 Å². The van der Waals surface area contributed by atoms with Crippen LogP contribution < -0.4 is 11.1 Å². The minimum absolute atomic E-state index is 0.161. The number of hydrogen-bond acceptors (Lipinski definition) is 3. The Balaban J connectivity index is 2.07. The number of carbonyl (C=O) groups is 1. The second-order valence-electron chi connectivity index (χ2n) is 4.09. The Kier molecular flexibility index (Phi) is 3.92.